The quantitative estimate of drug-likeness (QED) is 0.415. The van der Waals surface area contributed by atoms with Crippen LogP contribution in [0.3, 0.4) is 0 Å². The number of hydrogen-bond acceptors (Lipinski definition) is 2. The predicted molar refractivity (Wildman–Crippen MR) is 76.5 cm³/mol. The number of unbranched alkanes of at least 4 members (excludes halogenated alkanes) is 5. The van der Waals surface area contributed by atoms with Crippen molar-refractivity contribution in [3.8, 4) is 0 Å². The van der Waals surface area contributed by atoms with Gasteiger partial charge in [0.25, 0.3) is 10.0 Å². The normalized spacial score (nSPS) is 14.0. The Morgan fingerprint density at radius 3 is 2.33 bits per heavy atom. The van der Waals surface area contributed by atoms with E-state index in [1.165, 1.54) is 50.6 Å². The third-order valence-electron chi connectivity index (χ3n) is 2.76. The summed E-state index contributed by atoms with van der Waals surface area (Å²) in [5, 5.41) is 0. The van der Waals surface area contributed by atoms with Gasteiger partial charge in [0.15, 0.2) is 9.04 Å². The largest absolute Gasteiger partial charge is 0.449 e. The number of rotatable bonds is 11. The lowest BCUT2D eigenvalue weighted by Crippen LogP contribution is -2.20. The highest BCUT2D eigenvalue weighted by Gasteiger charge is 2.07. The van der Waals surface area contributed by atoms with Crippen LogP contribution in [0.15, 0.2) is 0 Å². The van der Waals surface area contributed by atoms with Gasteiger partial charge in [0, 0.05) is 0 Å². The Labute approximate surface area is 102 Å². The van der Waals surface area contributed by atoms with Crippen molar-refractivity contribution in [1.82, 2.24) is 0 Å². The van der Waals surface area contributed by atoms with Crippen molar-refractivity contribution in [3.05, 3.63) is 0 Å². The van der Waals surface area contributed by atoms with Crippen LogP contribution >= 0.6 is 0 Å². The Kier molecular flexibility index (Phi) is 13.1. The lowest BCUT2D eigenvalue weighted by Gasteiger charge is -2.13. The van der Waals surface area contributed by atoms with Crippen LogP contribution in [0.5, 0.6) is 0 Å². The van der Waals surface area contributed by atoms with Gasteiger partial charge in [-0.05, 0) is 12.1 Å². The van der Waals surface area contributed by atoms with Crippen LogP contribution in [-0.4, -0.2) is 29.5 Å². The van der Waals surface area contributed by atoms with Crippen LogP contribution in [0.2, 0.25) is 12.1 Å². The summed E-state index contributed by atoms with van der Waals surface area (Å²) in [6, 6.07) is 2.66. The van der Waals surface area contributed by atoms with E-state index in [0.717, 1.165) is 10.5 Å². The van der Waals surface area contributed by atoms with Gasteiger partial charge < -0.3 is 8.23 Å². The van der Waals surface area contributed by atoms with E-state index in [4.69, 9.17) is 8.23 Å². The zero-order valence-electron chi connectivity index (χ0n) is 10.8. The van der Waals surface area contributed by atoms with Crippen LogP contribution in [0, 0.1) is 0 Å². The van der Waals surface area contributed by atoms with Gasteiger partial charge in [0.2, 0.25) is 0 Å². The summed E-state index contributed by atoms with van der Waals surface area (Å²) < 4.78 is 11.1. The summed E-state index contributed by atoms with van der Waals surface area (Å²) >= 11 is 0. The minimum absolute atomic E-state index is 0.561. The molecule has 15 heavy (non-hydrogen) atoms. The van der Waals surface area contributed by atoms with Gasteiger partial charge in [-0.1, -0.05) is 52.4 Å². The van der Waals surface area contributed by atoms with Crippen molar-refractivity contribution in [2.24, 2.45) is 0 Å². The molecule has 0 fully saturated rings. The molecule has 0 heterocycles. The molecule has 0 saturated carbocycles. The van der Waals surface area contributed by atoms with E-state index in [-0.39, 0.29) is 0 Å². The molecule has 0 rings (SSSR count). The number of hydrogen-bond donors (Lipinski definition) is 0. The molecule has 0 aromatic rings. The molecular formula is C10H28O2Si3. The molecule has 5 heteroatoms. The highest BCUT2D eigenvalue weighted by atomic mass is 28.4. The van der Waals surface area contributed by atoms with Crippen LogP contribution in [0.1, 0.15) is 52.4 Å². The Balaban J connectivity index is 3.22. The second kappa shape index (κ2) is 12.6. The average Bonchev–Trinajstić information content (AvgIpc) is 2.27. The highest BCUT2D eigenvalue weighted by molar-refractivity contribution is 6.57. The fourth-order valence-electron chi connectivity index (χ4n) is 1.72. The molecule has 0 N–H and O–H groups in total. The van der Waals surface area contributed by atoms with E-state index < -0.39 is 19.0 Å². The van der Waals surface area contributed by atoms with E-state index in [1.807, 2.05) is 0 Å². The van der Waals surface area contributed by atoms with Crippen molar-refractivity contribution in [1.29, 1.82) is 0 Å². The molecule has 0 spiro atoms. The Bertz CT molecular complexity index is 125. The van der Waals surface area contributed by atoms with Crippen LogP contribution in [-0.2, 0) is 8.23 Å². The highest BCUT2D eigenvalue weighted by Crippen LogP contribution is 2.11. The second-order valence-corrected chi connectivity index (χ2v) is 10.7. The zero-order valence-corrected chi connectivity index (χ0v) is 15.3. The predicted octanol–water partition coefficient (Wildman–Crippen LogP) is 1.40. The molecule has 0 aliphatic rings. The fourth-order valence-corrected chi connectivity index (χ4v) is 7.02. The average molecular weight is 265 g/mol. The summed E-state index contributed by atoms with van der Waals surface area (Å²) in [5.74, 6) is 0. The van der Waals surface area contributed by atoms with Gasteiger partial charge in [0.1, 0.15) is 10.5 Å². The molecule has 0 radical (unpaired) electrons. The van der Waals surface area contributed by atoms with Crippen molar-refractivity contribution < 1.29 is 8.23 Å². The van der Waals surface area contributed by atoms with Gasteiger partial charge in [0.05, 0.1) is 0 Å². The lowest BCUT2D eigenvalue weighted by atomic mass is 10.1. The first kappa shape index (κ1) is 15.6. The molecule has 0 saturated heterocycles. The maximum Gasteiger partial charge on any atom is 0.283 e. The molecule has 0 bridgehead atoms. The van der Waals surface area contributed by atoms with Crippen molar-refractivity contribution in [2.45, 2.75) is 64.5 Å². The van der Waals surface area contributed by atoms with Gasteiger partial charge in [-0.2, -0.15) is 0 Å². The van der Waals surface area contributed by atoms with E-state index in [9.17, 15) is 0 Å². The SMILES string of the molecule is CCCCCCCC[SiH](CC)O[SiH2]O[SiH3]. The molecule has 92 valence electrons. The maximum absolute atomic E-state index is 5.86. The fraction of sp³-hybridized carbons (Fsp3) is 1.00. The van der Waals surface area contributed by atoms with Crippen LogP contribution < -0.4 is 0 Å². The van der Waals surface area contributed by atoms with Crippen molar-refractivity contribution in [3.63, 3.8) is 0 Å². The summed E-state index contributed by atoms with van der Waals surface area (Å²) in [6.45, 7) is 4.54. The molecule has 0 aromatic heterocycles. The summed E-state index contributed by atoms with van der Waals surface area (Å²) in [4.78, 5) is 0. The third-order valence-corrected chi connectivity index (χ3v) is 8.09. The first-order chi connectivity index (χ1) is 7.35. The summed E-state index contributed by atoms with van der Waals surface area (Å²) in [7, 11) is -0.529. The molecule has 1 unspecified atom stereocenters. The molecule has 0 amide bonds. The van der Waals surface area contributed by atoms with Crippen LogP contribution in [0.25, 0.3) is 0 Å². The first-order valence-corrected chi connectivity index (χ1v) is 10.5. The van der Waals surface area contributed by atoms with E-state index in [1.54, 1.807) is 0 Å². The van der Waals surface area contributed by atoms with Gasteiger partial charge in [-0.3, -0.25) is 0 Å². The second-order valence-electron chi connectivity index (χ2n) is 4.16. The lowest BCUT2D eigenvalue weighted by molar-refractivity contribution is 0.483. The Hall–Kier alpha value is 0.571. The molecule has 2 nitrogen and oxygen atoms in total. The van der Waals surface area contributed by atoms with Gasteiger partial charge >= 0.3 is 0 Å². The molecule has 0 aliphatic heterocycles. The smallest absolute Gasteiger partial charge is 0.283 e. The molecule has 1 atom stereocenters. The Morgan fingerprint density at radius 2 is 1.73 bits per heavy atom. The monoisotopic (exact) mass is 264 g/mol. The van der Waals surface area contributed by atoms with E-state index in [0.29, 0.717) is 0 Å². The topological polar surface area (TPSA) is 18.5 Å². The standard InChI is InChI=1S/C10H28O2Si3/c1-3-5-6-7-8-9-10-15(4-2)12-14-11-13/h15H,3-10,14H2,1-2,13H3. The Morgan fingerprint density at radius 1 is 1.07 bits per heavy atom. The van der Waals surface area contributed by atoms with Gasteiger partial charge in [-0.15, -0.1) is 0 Å². The maximum atomic E-state index is 5.86. The van der Waals surface area contributed by atoms with E-state index >= 15 is 0 Å². The molecule has 0 aromatic carbocycles. The minimum atomic E-state index is -0.830. The first-order valence-electron chi connectivity index (χ1n) is 6.45. The minimum Gasteiger partial charge on any atom is -0.449 e. The van der Waals surface area contributed by atoms with Crippen molar-refractivity contribution >= 4 is 29.5 Å². The van der Waals surface area contributed by atoms with Crippen molar-refractivity contribution in [2.75, 3.05) is 0 Å². The third kappa shape index (κ3) is 10.8. The molecular weight excluding hydrogens is 236 g/mol. The molecule has 0 aliphatic carbocycles. The zero-order chi connectivity index (χ0) is 11.4. The van der Waals surface area contributed by atoms with E-state index in [2.05, 4.69) is 13.8 Å². The summed E-state index contributed by atoms with van der Waals surface area (Å²) in [5.41, 5.74) is 0. The summed E-state index contributed by atoms with van der Waals surface area (Å²) in [6.07, 6.45) is 8.41. The van der Waals surface area contributed by atoms with Crippen LogP contribution in [0.4, 0.5) is 0 Å². The van der Waals surface area contributed by atoms with Gasteiger partial charge in [-0.25, -0.2) is 0 Å².